The van der Waals surface area contributed by atoms with E-state index in [1.54, 1.807) is 18.2 Å². The first kappa shape index (κ1) is 14.5. The number of rotatable bonds is 4. The van der Waals surface area contributed by atoms with E-state index in [0.717, 1.165) is 0 Å². The SMILES string of the molecule is CC(=O)CN1C(=O)C(C(C)C)Oc2ccc(CO)cc21. The predicted octanol–water partition coefficient (Wildman–Crippen LogP) is 1.52. The van der Waals surface area contributed by atoms with Crippen molar-refractivity contribution in [2.75, 3.05) is 11.4 Å². The molecule has 0 spiro atoms. The summed E-state index contributed by atoms with van der Waals surface area (Å²) in [5.74, 6) is 0.283. The van der Waals surface area contributed by atoms with Gasteiger partial charge in [0.15, 0.2) is 6.10 Å². The number of fused-ring (bicyclic) bond motifs is 1. The second-order valence-electron chi connectivity index (χ2n) is 5.37. The third-order valence-corrected chi connectivity index (χ3v) is 3.25. The summed E-state index contributed by atoms with van der Waals surface area (Å²) in [6.07, 6.45) is -0.582. The van der Waals surface area contributed by atoms with Gasteiger partial charge in [-0.2, -0.15) is 0 Å². The molecule has 1 aromatic rings. The molecule has 1 aliphatic rings. The molecule has 0 saturated carbocycles. The largest absolute Gasteiger partial charge is 0.478 e. The number of nitrogens with zero attached hydrogens (tertiary/aromatic N) is 1. The Kier molecular flexibility index (Phi) is 4.09. The minimum absolute atomic E-state index is 0.0163. The fourth-order valence-electron chi connectivity index (χ4n) is 2.24. The fourth-order valence-corrected chi connectivity index (χ4v) is 2.24. The molecule has 0 aromatic heterocycles. The molecule has 1 atom stereocenters. The maximum Gasteiger partial charge on any atom is 0.268 e. The van der Waals surface area contributed by atoms with Crippen LogP contribution in [0.25, 0.3) is 0 Å². The molecule has 0 fully saturated rings. The normalized spacial score (nSPS) is 17.9. The number of hydrogen-bond acceptors (Lipinski definition) is 4. The van der Waals surface area contributed by atoms with E-state index >= 15 is 0 Å². The molecule has 1 unspecified atom stereocenters. The number of anilines is 1. The van der Waals surface area contributed by atoms with Crippen molar-refractivity contribution >= 4 is 17.4 Å². The molecule has 1 N–H and O–H groups in total. The molecule has 20 heavy (non-hydrogen) atoms. The number of ketones is 1. The standard InChI is InChI=1S/C15H19NO4/c1-9(2)14-15(19)16(7-10(3)18)12-6-11(8-17)4-5-13(12)20-14/h4-6,9,14,17H,7-8H2,1-3H3. The van der Waals surface area contributed by atoms with Gasteiger partial charge in [-0.15, -0.1) is 0 Å². The Hall–Kier alpha value is -1.88. The Balaban J connectivity index is 2.47. The molecule has 1 aliphatic heterocycles. The molecule has 2 rings (SSSR count). The summed E-state index contributed by atoms with van der Waals surface area (Å²) in [6, 6.07) is 5.17. The van der Waals surface area contributed by atoms with Crippen LogP contribution in [0.4, 0.5) is 5.69 Å². The summed E-state index contributed by atoms with van der Waals surface area (Å²) in [5.41, 5.74) is 1.23. The molecule has 1 heterocycles. The van der Waals surface area contributed by atoms with Crippen LogP contribution in [0.3, 0.4) is 0 Å². The number of hydrogen-bond donors (Lipinski definition) is 1. The maximum absolute atomic E-state index is 12.5. The summed E-state index contributed by atoms with van der Waals surface area (Å²) >= 11 is 0. The lowest BCUT2D eigenvalue weighted by molar-refractivity contribution is -0.129. The van der Waals surface area contributed by atoms with Crippen LogP contribution in [0.15, 0.2) is 18.2 Å². The van der Waals surface area contributed by atoms with Gasteiger partial charge >= 0.3 is 0 Å². The van der Waals surface area contributed by atoms with E-state index in [0.29, 0.717) is 17.0 Å². The molecular formula is C15H19NO4. The van der Waals surface area contributed by atoms with E-state index in [2.05, 4.69) is 0 Å². The van der Waals surface area contributed by atoms with Gasteiger partial charge in [-0.25, -0.2) is 0 Å². The van der Waals surface area contributed by atoms with E-state index in [9.17, 15) is 14.7 Å². The monoisotopic (exact) mass is 277 g/mol. The van der Waals surface area contributed by atoms with Gasteiger partial charge in [0.25, 0.3) is 5.91 Å². The number of carbonyl (C=O) groups excluding carboxylic acids is 2. The van der Waals surface area contributed by atoms with Crippen molar-refractivity contribution in [2.45, 2.75) is 33.5 Å². The smallest absolute Gasteiger partial charge is 0.268 e. The molecule has 0 aliphatic carbocycles. The summed E-state index contributed by atoms with van der Waals surface area (Å²) in [7, 11) is 0. The summed E-state index contributed by atoms with van der Waals surface area (Å²) < 4.78 is 5.73. The highest BCUT2D eigenvalue weighted by Gasteiger charge is 2.36. The lowest BCUT2D eigenvalue weighted by Crippen LogP contribution is -2.49. The number of carbonyl (C=O) groups is 2. The lowest BCUT2D eigenvalue weighted by Gasteiger charge is -2.35. The summed E-state index contributed by atoms with van der Waals surface area (Å²) in [4.78, 5) is 25.3. The van der Waals surface area contributed by atoms with Gasteiger partial charge in [0.05, 0.1) is 18.8 Å². The molecule has 1 amide bonds. The van der Waals surface area contributed by atoms with E-state index < -0.39 is 6.10 Å². The van der Waals surface area contributed by atoms with Crippen LogP contribution in [0.5, 0.6) is 5.75 Å². The Labute approximate surface area is 118 Å². The number of aliphatic hydroxyl groups excluding tert-OH is 1. The van der Waals surface area contributed by atoms with Crippen molar-refractivity contribution in [3.63, 3.8) is 0 Å². The van der Waals surface area contributed by atoms with Gasteiger partial charge < -0.3 is 9.84 Å². The van der Waals surface area contributed by atoms with Crippen molar-refractivity contribution in [3.8, 4) is 5.75 Å². The zero-order valence-electron chi connectivity index (χ0n) is 11.9. The first-order valence-corrected chi connectivity index (χ1v) is 6.65. The third kappa shape index (κ3) is 2.67. The van der Waals surface area contributed by atoms with Crippen molar-refractivity contribution in [2.24, 2.45) is 5.92 Å². The number of ether oxygens (including phenoxy) is 1. The van der Waals surface area contributed by atoms with Crippen LogP contribution in [0.2, 0.25) is 0 Å². The van der Waals surface area contributed by atoms with Crippen LogP contribution in [0, 0.1) is 5.92 Å². The molecule has 1 aromatic carbocycles. The Bertz CT molecular complexity index is 539. The Morgan fingerprint density at radius 3 is 2.70 bits per heavy atom. The van der Waals surface area contributed by atoms with Crippen molar-refractivity contribution in [1.82, 2.24) is 0 Å². The molecule has 0 radical (unpaired) electrons. The molecule has 0 saturated heterocycles. The van der Waals surface area contributed by atoms with Crippen molar-refractivity contribution in [1.29, 1.82) is 0 Å². The minimum atomic E-state index is -0.582. The molecule has 5 heteroatoms. The fraction of sp³-hybridized carbons (Fsp3) is 0.467. The highest BCUT2D eigenvalue weighted by molar-refractivity contribution is 6.04. The second-order valence-corrected chi connectivity index (χ2v) is 5.37. The van der Waals surface area contributed by atoms with E-state index in [1.165, 1.54) is 11.8 Å². The van der Waals surface area contributed by atoms with E-state index in [1.807, 2.05) is 13.8 Å². The highest BCUT2D eigenvalue weighted by Crippen LogP contribution is 2.36. The van der Waals surface area contributed by atoms with E-state index in [4.69, 9.17) is 4.74 Å². The van der Waals surface area contributed by atoms with Crippen LogP contribution >= 0.6 is 0 Å². The highest BCUT2D eigenvalue weighted by atomic mass is 16.5. The quantitative estimate of drug-likeness (QED) is 0.906. The number of Topliss-reactive ketones (excluding diaryl/α,β-unsaturated/α-hetero) is 1. The maximum atomic E-state index is 12.5. The van der Waals surface area contributed by atoms with Crippen LogP contribution in [0.1, 0.15) is 26.3 Å². The van der Waals surface area contributed by atoms with Gasteiger partial charge in [-0.3, -0.25) is 14.5 Å². The summed E-state index contributed by atoms with van der Waals surface area (Å²) in [5, 5.41) is 9.20. The van der Waals surface area contributed by atoms with Crippen molar-refractivity contribution in [3.05, 3.63) is 23.8 Å². The molecular weight excluding hydrogens is 258 g/mol. The summed E-state index contributed by atoms with van der Waals surface area (Å²) in [6.45, 7) is 5.15. The number of aliphatic hydroxyl groups is 1. The van der Waals surface area contributed by atoms with Crippen LogP contribution < -0.4 is 9.64 Å². The van der Waals surface area contributed by atoms with Gasteiger partial charge in [0.2, 0.25) is 0 Å². The molecule has 0 bridgehead atoms. The Morgan fingerprint density at radius 2 is 2.15 bits per heavy atom. The number of amides is 1. The average molecular weight is 277 g/mol. The lowest BCUT2D eigenvalue weighted by atomic mass is 10.0. The van der Waals surface area contributed by atoms with Gasteiger partial charge in [0, 0.05) is 0 Å². The van der Waals surface area contributed by atoms with Gasteiger partial charge in [-0.05, 0) is 30.5 Å². The first-order chi connectivity index (χ1) is 9.43. The zero-order chi connectivity index (χ0) is 14.9. The van der Waals surface area contributed by atoms with Gasteiger partial charge in [-0.1, -0.05) is 19.9 Å². The molecule has 5 nitrogen and oxygen atoms in total. The van der Waals surface area contributed by atoms with Crippen LogP contribution in [-0.4, -0.2) is 29.4 Å². The predicted molar refractivity (Wildman–Crippen MR) is 74.7 cm³/mol. The van der Waals surface area contributed by atoms with Gasteiger partial charge in [0.1, 0.15) is 11.5 Å². The zero-order valence-corrected chi connectivity index (χ0v) is 11.9. The van der Waals surface area contributed by atoms with Crippen LogP contribution in [-0.2, 0) is 16.2 Å². The second kappa shape index (κ2) is 5.63. The average Bonchev–Trinajstić information content (AvgIpc) is 2.40. The molecule has 108 valence electrons. The number of benzene rings is 1. The topological polar surface area (TPSA) is 66.8 Å². The minimum Gasteiger partial charge on any atom is -0.478 e. The Morgan fingerprint density at radius 1 is 1.45 bits per heavy atom. The first-order valence-electron chi connectivity index (χ1n) is 6.65. The van der Waals surface area contributed by atoms with E-state index in [-0.39, 0.29) is 30.8 Å². The van der Waals surface area contributed by atoms with Crippen molar-refractivity contribution < 1.29 is 19.4 Å². The third-order valence-electron chi connectivity index (χ3n) is 3.25.